The van der Waals surface area contributed by atoms with Gasteiger partial charge in [0, 0.05) is 11.5 Å². The molecule has 2 N–H and O–H groups in total. The second-order valence-corrected chi connectivity index (χ2v) is 7.52. The lowest BCUT2D eigenvalue weighted by atomic mass is 9.76. The summed E-state index contributed by atoms with van der Waals surface area (Å²) in [4.78, 5) is 0. The minimum Gasteiger partial charge on any atom is -0.508 e. The number of aromatic hydroxyl groups is 1. The van der Waals surface area contributed by atoms with Crippen molar-refractivity contribution in [1.82, 2.24) is 0 Å². The van der Waals surface area contributed by atoms with E-state index in [1.807, 2.05) is 30.3 Å². The van der Waals surface area contributed by atoms with Gasteiger partial charge in [0.1, 0.15) is 18.1 Å². The topological polar surface area (TPSA) is 41.5 Å². The third-order valence-electron chi connectivity index (χ3n) is 5.97. The highest BCUT2D eigenvalue weighted by Crippen LogP contribution is 2.54. The van der Waals surface area contributed by atoms with Crippen molar-refractivity contribution in [3.8, 4) is 11.5 Å². The third-order valence-corrected chi connectivity index (χ3v) is 5.97. The molecule has 0 radical (unpaired) electrons. The van der Waals surface area contributed by atoms with Gasteiger partial charge in [-0.1, -0.05) is 67.3 Å². The minimum absolute atomic E-state index is 0.00656. The van der Waals surface area contributed by atoms with E-state index >= 15 is 0 Å². The van der Waals surface area contributed by atoms with Crippen LogP contribution in [0.1, 0.15) is 29.5 Å². The molecule has 3 unspecified atom stereocenters. The lowest BCUT2D eigenvalue weighted by molar-refractivity contribution is 0.356. The van der Waals surface area contributed by atoms with Crippen LogP contribution in [-0.4, -0.2) is 11.7 Å². The van der Waals surface area contributed by atoms with Crippen LogP contribution >= 0.6 is 0 Å². The molecule has 3 atom stereocenters. The normalized spacial score (nSPS) is 22.4. The van der Waals surface area contributed by atoms with E-state index < -0.39 is 0 Å². The molecular formula is C25H23NO2. The molecule has 0 aromatic heterocycles. The van der Waals surface area contributed by atoms with Crippen LogP contribution in [0.25, 0.3) is 10.8 Å². The molecule has 3 heteroatoms. The zero-order valence-electron chi connectivity index (χ0n) is 15.6. The van der Waals surface area contributed by atoms with Gasteiger partial charge in [-0.05, 0) is 40.8 Å². The Bertz CT molecular complexity index is 1090. The molecule has 1 aliphatic heterocycles. The van der Waals surface area contributed by atoms with Crippen molar-refractivity contribution >= 4 is 16.5 Å². The molecule has 0 saturated heterocycles. The fourth-order valence-electron chi connectivity index (χ4n) is 4.76. The smallest absolute Gasteiger partial charge is 0.143 e. The predicted octanol–water partition coefficient (Wildman–Crippen LogP) is 5.94. The first kappa shape index (κ1) is 16.9. The van der Waals surface area contributed by atoms with Crippen LogP contribution in [0.5, 0.6) is 11.5 Å². The van der Waals surface area contributed by atoms with Crippen LogP contribution in [0.2, 0.25) is 0 Å². The van der Waals surface area contributed by atoms with Gasteiger partial charge in [0.25, 0.3) is 0 Å². The number of allylic oxidation sites excluding steroid dienone is 2. The molecule has 3 nitrogen and oxygen atoms in total. The summed E-state index contributed by atoms with van der Waals surface area (Å²) in [5.41, 5.74) is 3.26. The Morgan fingerprint density at radius 2 is 2.00 bits per heavy atom. The molecule has 3 aromatic carbocycles. The van der Waals surface area contributed by atoms with Gasteiger partial charge in [-0.15, -0.1) is 0 Å². The Balaban J connectivity index is 1.68. The number of rotatable bonds is 4. The molecule has 2 aliphatic rings. The van der Waals surface area contributed by atoms with Crippen molar-refractivity contribution in [2.24, 2.45) is 5.92 Å². The average molecular weight is 369 g/mol. The lowest BCUT2D eigenvalue weighted by Gasteiger charge is -2.38. The van der Waals surface area contributed by atoms with Gasteiger partial charge in [0.15, 0.2) is 0 Å². The Morgan fingerprint density at radius 3 is 2.89 bits per heavy atom. The molecule has 0 saturated carbocycles. The second-order valence-electron chi connectivity index (χ2n) is 7.52. The number of para-hydroxylation sites is 1. The third kappa shape index (κ3) is 2.58. The van der Waals surface area contributed by atoms with Crippen LogP contribution in [0, 0.1) is 5.92 Å². The van der Waals surface area contributed by atoms with Crippen molar-refractivity contribution in [2.75, 3.05) is 11.9 Å². The van der Waals surface area contributed by atoms with E-state index in [4.69, 9.17) is 4.74 Å². The molecule has 28 heavy (non-hydrogen) atoms. The lowest BCUT2D eigenvalue weighted by Crippen LogP contribution is -2.29. The zero-order valence-corrected chi connectivity index (χ0v) is 15.6. The largest absolute Gasteiger partial charge is 0.508 e. The monoisotopic (exact) mass is 369 g/mol. The second kappa shape index (κ2) is 6.75. The molecule has 0 bridgehead atoms. The minimum atomic E-state index is 0.00656. The molecule has 0 spiro atoms. The molecule has 0 fully saturated rings. The Labute approximate surface area is 165 Å². The van der Waals surface area contributed by atoms with E-state index in [0.717, 1.165) is 34.2 Å². The molecule has 140 valence electrons. The van der Waals surface area contributed by atoms with Crippen molar-refractivity contribution in [2.45, 2.75) is 18.4 Å². The van der Waals surface area contributed by atoms with E-state index in [2.05, 4.69) is 48.3 Å². The van der Waals surface area contributed by atoms with E-state index in [1.54, 1.807) is 6.08 Å². The van der Waals surface area contributed by atoms with Gasteiger partial charge in [0.2, 0.25) is 0 Å². The fourth-order valence-corrected chi connectivity index (χ4v) is 4.76. The highest BCUT2D eigenvalue weighted by molar-refractivity contribution is 5.89. The number of hydrogen-bond acceptors (Lipinski definition) is 3. The van der Waals surface area contributed by atoms with E-state index in [1.165, 1.54) is 5.56 Å². The Morgan fingerprint density at radius 1 is 1.11 bits per heavy atom. The van der Waals surface area contributed by atoms with Crippen molar-refractivity contribution in [1.29, 1.82) is 0 Å². The highest BCUT2D eigenvalue weighted by atomic mass is 16.5. The Hall–Kier alpha value is -3.20. The van der Waals surface area contributed by atoms with E-state index in [0.29, 0.717) is 24.2 Å². The summed E-state index contributed by atoms with van der Waals surface area (Å²) in [6, 6.07) is 18.3. The van der Waals surface area contributed by atoms with Gasteiger partial charge < -0.3 is 15.2 Å². The van der Waals surface area contributed by atoms with E-state index in [-0.39, 0.29) is 6.04 Å². The molecule has 1 heterocycles. The maximum Gasteiger partial charge on any atom is 0.143 e. The molecule has 1 aliphatic carbocycles. The first-order valence-corrected chi connectivity index (χ1v) is 9.78. The van der Waals surface area contributed by atoms with Crippen LogP contribution in [0.15, 0.2) is 79.4 Å². The average Bonchev–Trinajstić information content (AvgIpc) is 3.22. The van der Waals surface area contributed by atoms with Gasteiger partial charge in [-0.3, -0.25) is 0 Å². The summed E-state index contributed by atoms with van der Waals surface area (Å²) < 4.78 is 5.94. The number of phenolic OH excluding ortho intramolecular Hbond substituents is 1. The molecule has 3 aromatic rings. The van der Waals surface area contributed by atoms with Crippen LogP contribution in [0.3, 0.4) is 0 Å². The number of phenols is 1. The number of ether oxygens (including phenoxy) is 1. The first-order chi connectivity index (χ1) is 13.8. The summed E-state index contributed by atoms with van der Waals surface area (Å²) in [7, 11) is 0. The molecule has 0 amide bonds. The van der Waals surface area contributed by atoms with Gasteiger partial charge >= 0.3 is 0 Å². The number of hydrogen-bond donors (Lipinski definition) is 2. The summed E-state index contributed by atoms with van der Waals surface area (Å²) in [5.74, 6) is 1.85. The van der Waals surface area contributed by atoms with Gasteiger partial charge in [-0.2, -0.15) is 0 Å². The number of benzene rings is 3. The fraction of sp³-hybridized carbons (Fsp3) is 0.200. The maximum atomic E-state index is 10.8. The SMILES string of the molecule is C=CCOc1cccc2c1NC(c1c(O)ccc3ccccc13)C1CC=CC21. The van der Waals surface area contributed by atoms with Gasteiger partial charge in [0.05, 0.1) is 11.7 Å². The van der Waals surface area contributed by atoms with Crippen LogP contribution in [0.4, 0.5) is 5.69 Å². The standard InChI is InChI=1S/C25H23NO2/c1-2-15-28-22-12-6-11-19-18-9-5-10-20(18)25(26-24(19)22)23-17-8-4-3-7-16(17)13-14-21(23)27/h2-9,11-14,18,20,25-27H,1,10,15H2. The zero-order chi connectivity index (χ0) is 19.1. The number of nitrogens with one attached hydrogen (secondary N) is 1. The van der Waals surface area contributed by atoms with E-state index in [9.17, 15) is 5.11 Å². The predicted molar refractivity (Wildman–Crippen MR) is 114 cm³/mol. The Kier molecular flexibility index (Phi) is 4.09. The summed E-state index contributed by atoms with van der Waals surface area (Å²) >= 11 is 0. The first-order valence-electron chi connectivity index (χ1n) is 9.78. The molecular weight excluding hydrogens is 346 g/mol. The van der Waals surface area contributed by atoms with Crippen molar-refractivity contribution in [3.05, 3.63) is 90.5 Å². The molecule has 5 rings (SSSR count). The maximum absolute atomic E-state index is 10.8. The van der Waals surface area contributed by atoms with Crippen LogP contribution in [-0.2, 0) is 0 Å². The number of fused-ring (bicyclic) bond motifs is 4. The van der Waals surface area contributed by atoms with Gasteiger partial charge in [-0.25, -0.2) is 0 Å². The quantitative estimate of drug-likeness (QED) is 0.560. The highest BCUT2D eigenvalue weighted by Gasteiger charge is 2.40. The number of anilines is 1. The van der Waals surface area contributed by atoms with Crippen molar-refractivity contribution in [3.63, 3.8) is 0 Å². The summed E-state index contributed by atoms with van der Waals surface area (Å²) in [5, 5.41) is 16.8. The summed E-state index contributed by atoms with van der Waals surface area (Å²) in [6.45, 7) is 4.22. The summed E-state index contributed by atoms with van der Waals surface area (Å²) in [6.07, 6.45) is 7.31. The van der Waals surface area contributed by atoms with Crippen LogP contribution < -0.4 is 10.1 Å². The van der Waals surface area contributed by atoms with Crippen molar-refractivity contribution < 1.29 is 9.84 Å².